The van der Waals surface area contributed by atoms with Gasteiger partial charge < -0.3 is 5.73 Å². The van der Waals surface area contributed by atoms with E-state index in [-0.39, 0.29) is 0 Å². The lowest BCUT2D eigenvalue weighted by Gasteiger charge is -2.48. The van der Waals surface area contributed by atoms with Gasteiger partial charge in [-0.15, -0.1) is 0 Å². The van der Waals surface area contributed by atoms with Crippen LogP contribution in [0, 0.1) is 11.8 Å². The van der Waals surface area contributed by atoms with Gasteiger partial charge in [-0.25, -0.2) is 0 Å². The van der Waals surface area contributed by atoms with Crippen molar-refractivity contribution < 1.29 is 0 Å². The molecule has 2 saturated carbocycles. The molecule has 0 atom stereocenters. The first-order valence-electron chi connectivity index (χ1n) is 8.10. The second-order valence-electron chi connectivity index (χ2n) is 6.93. The third-order valence-corrected chi connectivity index (χ3v) is 5.35. The molecule has 2 nitrogen and oxygen atoms in total. The van der Waals surface area contributed by atoms with Crippen LogP contribution in [0.5, 0.6) is 0 Å². The number of hydrogen-bond donors (Lipinski definition) is 1. The van der Waals surface area contributed by atoms with Gasteiger partial charge in [-0.1, -0.05) is 20.8 Å². The summed E-state index contributed by atoms with van der Waals surface area (Å²) in [5, 5.41) is 0. The van der Waals surface area contributed by atoms with Gasteiger partial charge in [-0.2, -0.15) is 0 Å². The molecule has 0 aromatic heterocycles. The lowest BCUT2D eigenvalue weighted by atomic mass is 9.72. The normalized spacial score (nSPS) is 33.3. The van der Waals surface area contributed by atoms with E-state index in [1.54, 1.807) is 0 Å². The Bertz CT molecular complexity index is 250. The summed E-state index contributed by atoms with van der Waals surface area (Å²) in [5.41, 5.74) is 6.56. The van der Waals surface area contributed by atoms with Crippen molar-refractivity contribution in [1.82, 2.24) is 4.90 Å². The molecular weight excluding hydrogens is 220 g/mol. The highest BCUT2D eigenvalue weighted by molar-refractivity contribution is 5.01. The Morgan fingerprint density at radius 2 is 1.78 bits per heavy atom. The summed E-state index contributed by atoms with van der Waals surface area (Å²) in [4.78, 5) is 2.80. The SMILES string of the molecule is CCCN(C1CC1)C1(CN)CCC(C(C)C)CC1. The predicted octanol–water partition coefficient (Wildman–Crippen LogP) is 3.40. The fourth-order valence-corrected chi connectivity index (χ4v) is 3.89. The second-order valence-corrected chi connectivity index (χ2v) is 6.93. The first kappa shape index (κ1) is 14.3. The molecule has 2 N–H and O–H groups in total. The minimum absolute atomic E-state index is 0.350. The monoisotopic (exact) mass is 252 g/mol. The lowest BCUT2D eigenvalue weighted by molar-refractivity contribution is 0.0280. The van der Waals surface area contributed by atoms with Gasteiger partial charge in [0.15, 0.2) is 0 Å². The Morgan fingerprint density at radius 1 is 1.17 bits per heavy atom. The summed E-state index contributed by atoms with van der Waals surface area (Å²) in [7, 11) is 0. The lowest BCUT2D eigenvalue weighted by Crippen LogP contribution is -2.57. The largest absolute Gasteiger partial charge is 0.329 e. The number of nitrogens with zero attached hydrogens (tertiary/aromatic N) is 1. The van der Waals surface area contributed by atoms with Crippen LogP contribution in [0.25, 0.3) is 0 Å². The maximum absolute atomic E-state index is 6.21. The Labute approximate surface area is 113 Å². The van der Waals surface area contributed by atoms with Crippen molar-refractivity contribution in [2.75, 3.05) is 13.1 Å². The van der Waals surface area contributed by atoms with Crippen molar-refractivity contribution in [3.63, 3.8) is 0 Å². The molecule has 2 aliphatic carbocycles. The second kappa shape index (κ2) is 5.92. The van der Waals surface area contributed by atoms with Crippen LogP contribution in [-0.2, 0) is 0 Å². The van der Waals surface area contributed by atoms with Crippen LogP contribution >= 0.6 is 0 Å². The van der Waals surface area contributed by atoms with Crippen LogP contribution in [0.3, 0.4) is 0 Å². The maximum atomic E-state index is 6.21. The van der Waals surface area contributed by atoms with Gasteiger partial charge in [-0.3, -0.25) is 4.90 Å². The molecular formula is C16H32N2. The standard InChI is InChI=1S/C16H32N2/c1-4-11-18(15-5-6-15)16(12-17)9-7-14(8-10-16)13(2)3/h13-15H,4-12,17H2,1-3H3. The highest BCUT2D eigenvalue weighted by atomic mass is 15.3. The molecule has 0 heterocycles. The van der Waals surface area contributed by atoms with E-state index < -0.39 is 0 Å². The average Bonchev–Trinajstić information content (AvgIpc) is 3.20. The first-order chi connectivity index (χ1) is 8.63. The summed E-state index contributed by atoms with van der Waals surface area (Å²) < 4.78 is 0. The van der Waals surface area contributed by atoms with Gasteiger partial charge in [0.2, 0.25) is 0 Å². The Morgan fingerprint density at radius 3 is 2.17 bits per heavy atom. The van der Waals surface area contributed by atoms with Gasteiger partial charge in [0, 0.05) is 18.1 Å². The molecule has 2 rings (SSSR count). The molecule has 2 heteroatoms. The summed E-state index contributed by atoms with van der Waals surface area (Å²) >= 11 is 0. The molecule has 18 heavy (non-hydrogen) atoms. The number of nitrogens with two attached hydrogens (primary N) is 1. The average molecular weight is 252 g/mol. The summed E-state index contributed by atoms with van der Waals surface area (Å²) in [6.07, 6.45) is 9.55. The minimum atomic E-state index is 0.350. The van der Waals surface area contributed by atoms with Crippen molar-refractivity contribution >= 4 is 0 Å². The predicted molar refractivity (Wildman–Crippen MR) is 78.6 cm³/mol. The summed E-state index contributed by atoms with van der Waals surface area (Å²) in [5.74, 6) is 1.79. The van der Waals surface area contributed by atoms with Gasteiger partial charge in [0.25, 0.3) is 0 Å². The van der Waals surface area contributed by atoms with Crippen LogP contribution in [0.15, 0.2) is 0 Å². The molecule has 0 aromatic rings. The van der Waals surface area contributed by atoms with E-state index >= 15 is 0 Å². The third-order valence-electron chi connectivity index (χ3n) is 5.35. The molecule has 0 bridgehead atoms. The molecule has 0 spiro atoms. The maximum Gasteiger partial charge on any atom is 0.0334 e. The van der Waals surface area contributed by atoms with Gasteiger partial charge in [0.1, 0.15) is 0 Å². The Kier molecular flexibility index (Phi) is 4.71. The van der Waals surface area contributed by atoms with Crippen molar-refractivity contribution in [3.8, 4) is 0 Å². The zero-order valence-corrected chi connectivity index (χ0v) is 12.6. The van der Waals surface area contributed by atoms with Gasteiger partial charge in [-0.05, 0) is 63.3 Å². The minimum Gasteiger partial charge on any atom is -0.329 e. The topological polar surface area (TPSA) is 29.3 Å². The molecule has 0 saturated heterocycles. The van der Waals surface area contributed by atoms with E-state index in [2.05, 4.69) is 25.7 Å². The van der Waals surface area contributed by atoms with Crippen molar-refractivity contribution in [2.45, 2.75) is 77.3 Å². The van der Waals surface area contributed by atoms with Crippen molar-refractivity contribution in [1.29, 1.82) is 0 Å². The molecule has 0 aliphatic heterocycles. The van der Waals surface area contributed by atoms with E-state index in [1.807, 2.05) is 0 Å². The van der Waals surface area contributed by atoms with Gasteiger partial charge in [0.05, 0.1) is 0 Å². The number of rotatable bonds is 6. The zero-order valence-electron chi connectivity index (χ0n) is 12.6. The molecule has 0 radical (unpaired) electrons. The van der Waals surface area contributed by atoms with Crippen LogP contribution in [0.2, 0.25) is 0 Å². The van der Waals surface area contributed by atoms with E-state index in [4.69, 9.17) is 5.73 Å². The molecule has 0 amide bonds. The smallest absolute Gasteiger partial charge is 0.0334 e. The van der Waals surface area contributed by atoms with Crippen molar-refractivity contribution in [2.24, 2.45) is 17.6 Å². The van der Waals surface area contributed by atoms with Crippen LogP contribution in [-0.4, -0.2) is 29.6 Å². The number of hydrogen-bond acceptors (Lipinski definition) is 2. The molecule has 0 unspecified atom stereocenters. The quantitative estimate of drug-likeness (QED) is 0.785. The van der Waals surface area contributed by atoms with E-state index in [1.165, 1.54) is 51.5 Å². The molecule has 2 fully saturated rings. The first-order valence-corrected chi connectivity index (χ1v) is 8.10. The zero-order chi connectivity index (χ0) is 13.2. The van der Waals surface area contributed by atoms with Crippen LogP contribution in [0.4, 0.5) is 0 Å². The van der Waals surface area contributed by atoms with E-state index in [9.17, 15) is 0 Å². The highest BCUT2D eigenvalue weighted by Crippen LogP contribution is 2.43. The highest BCUT2D eigenvalue weighted by Gasteiger charge is 2.45. The van der Waals surface area contributed by atoms with Gasteiger partial charge >= 0.3 is 0 Å². The van der Waals surface area contributed by atoms with Crippen LogP contribution in [0.1, 0.15) is 65.7 Å². The Balaban J connectivity index is 2.01. The third kappa shape index (κ3) is 2.91. The van der Waals surface area contributed by atoms with E-state index in [0.29, 0.717) is 5.54 Å². The fourth-order valence-electron chi connectivity index (χ4n) is 3.89. The van der Waals surface area contributed by atoms with Crippen molar-refractivity contribution in [3.05, 3.63) is 0 Å². The fraction of sp³-hybridized carbons (Fsp3) is 1.00. The summed E-state index contributed by atoms with van der Waals surface area (Å²) in [6, 6.07) is 0.865. The van der Waals surface area contributed by atoms with Crippen LogP contribution < -0.4 is 5.73 Å². The summed E-state index contributed by atoms with van der Waals surface area (Å²) in [6.45, 7) is 9.19. The molecule has 0 aromatic carbocycles. The molecule has 106 valence electrons. The Hall–Kier alpha value is -0.0800. The van der Waals surface area contributed by atoms with E-state index in [0.717, 1.165) is 24.4 Å². The molecule has 2 aliphatic rings.